The molecular formula is C16H18N2O3. The highest BCUT2D eigenvalue weighted by Gasteiger charge is 2.11. The Bertz CT molecular complexity index is 669. The van der Waals surface area contributed by atoms with Crippen LogP contribution in [0.3, 0.4) is 0 Å². The number of ether oxygens (including phenoxy) is 2. The van der Waals surface area contributed by atoms with Crippen molar-refractivity contribution in [2.45, 2.75) is 6.92 Å². The zero-order valence-corrected chi connectivity index (χ0v) is 12.3. The molecule has 2 aromatic rings. The predicted molar refractivity (Wildman–Crippen MR) is 83.1 cm³/mol. The fraction of sp³-hybridized carbons (Fsp3) is 0.188. The van der Waals surface area contributed by atoms with E-state index in [2.05, 4.69) is 5.32 Å². The summed E-state index contributed by atoms with van der Waals surface area (Å²) in [6.07, 6.45) is 0. The quantitative estimate of drug-likeness (QED) is 0.848. The highest BCUT2D eigenvalue weighted by Crippen LogP contribution is 2.27. The highest BCUT2D eigenvalue weighted by atomic mass is 16.5. The zero-order valence-electron chi connectivity index (χ0n) is 12.3. The third kappa shape index (κ3) is 3.25. The molecule has 0 fully saturated rings. The number of carbonyl (C=O) groups excluding carboxylic acids is 1. The van der Waals surface area contributed by atoms with Gasteiger partial charge in [0.15, 0.2) is 0 Å². The van der Waals surface area contributed by atoms with E-state index in [9.17, 15) is 4.79 Å². The van der Waals surface area contributed by atoms with Gasteiger partial charge in [0.1, 0.15) is 11.5 Å². The molecule has 0 spiro atoms. The van der Waals surface area contributed by atoms with Crippen LogP contribution in [0.4, 0.5) is 11.4 Å². The first kappa shape index (κ1) is 14.7. The molecule has 21 heavy (non-hydrogen) atoms. The minimum atomic E-state index is -0.258. The fourth-order valence-electron chi connectivity index (χ4n) is 1.97. The van der Waals surface area contributed by atoms with Crippen molar-refractivity contribution in [1.29, 1.82) is 0 Å². The summed E-state index contributed by atoms with van der Waals surface area (Å²) in [5.41, 5.74) is 8.35. The first-order chi connectivity index (χ1) is 10.0. The van der Waals surface area contributed by atoms with Crippen LogP contribution in [0.1, 0.15) is 15.9 Å². The van der Waals surface area contributed by atoms with Crippen molar-refractivity contribution in [3.8, 4) is 11.5 Å². The lowest BCUT2D eigenvalue weighted by atomic mass is 10.1. The molecule has 0 radical (unpaired) electrons. The van der Waals surface area contributed by atoms with E-state index in [1.807, 2.05) is 19.1 Å². The van der Waals surface area contributed by atoms with Crippen LogP contribution in [0, 0.1) is 6.92 Å². The van der Waals surface area contributed by atoms with Crippen molar-refractivity contribution in [3.05, 3.63) is 47.5 Å². The van der Waals surface area contributed by atoms with Gasteiger partial charge in [-0.1, -0.05) is 6.07 Å². The second-order valence-electron chi connectivity index (χ2n) is 4.61. The molecule has 0 heterocycles. The van der Waals surface area contributed by atoms with Crippen LogP contribution in [0.5, 0.6) is 11.5 Å². The van der Waals surface area contributed by atoms with Crippen LogP contribution >= 0.6 is 0 Å². The Balaban J connectivity index is 2.24. The maximum atomic E-state index is 12.3. The average molecular weight is 286 g/mol. The van der Waals surface area contributed by atoms with Gasteiger partial charge in [0.25, 0.3) is 5.91 Å². The molecular weight excluding hydrogens is 268 g/mol. The molecule has 0 unspecified atom stereocenters. The molecule has 0 aliphatic heterocycles. The number of nitrogens with two attached hydrogens (primary N) is 1. The number of hydrogen-bond acceptors (Lipinski definition) is 4. The van der Waals surface area contributed by atoms with Crippen LogP contribution in [0.25, 0.3) is 0 Å². The average Bonchev–Trinajstić information content (AvgIpc) is 2.48. The third-order valence-corrected chi connectivity index (χ3v) is 3.10. The Morgan fingerprint density at radius 2 is 1.76 bits per heavy atom. The maximum absolute atomic E-state index is 12.3. The lowest BCUT2D eigenvalue weighted by Crippen LogP contribution is -2.13. The zero-order chi connectivity index (χ0) is 15.4. The first-order valence-electron chi connectivity index (χ1n) is 6.44. The molecule has 5 nitrogen and oxygen atoms in total. The summed E-state index contributed by atoms with van der Waals surface area (Å²) in [5, 5.41) is 2.81. The molecule has 2 aromatic carbocycles. The molecule has 3 N–H and O–H groups in total. The van der Waals surface area contributed by atoms with Crippen LogP contribution in [0.2, 0.25) is 0 Å². The summed E-state index contributed by atoms with van der Waals surface area (Å²) in [6, 6.07) is 10.5. The lowest BCUT2D eigenvalue weighted by molar-refractivity contribution is 0.102. The second-order valence-corrected chi connectivity index (χ2v) is 4.61. The van der Waals surface area contributed by atoms with Crippen molar-refractivity contribution in [1.82, 2.24) is 0 Å². The SMILES string of the molecule is COc1ccc(C(=O)Nc2ccc(C)cc2OC)cc1N. The van der Waals surface area contributed by atoms with E-state index in [0.29, 0.717) is 28.4 Å². The summed E-state index contributed by atoms with van der Waals surface area (Å²) < 4.78 is 10.3. The Labute approximate surface area is 123 Å². The standard InChI is InChI=1S/C16H18N2O3/c1-10-4-6-13(15(8-10)21-3)18-16(19)11-5-7-14(20-2)12(17)9-11/h4-9H,17H2,1-3H3,(H,18,19). The molecule has 110 valence electrons. The number of amides is 1. The van der Waals surface area contributed by atoms with Crippen LogP contribution < -0.4 is 20.5 Å². The molecule has 0 saturated heterocycles. The van der Waals surface area contributed by atoms with Gasteiger partial charge < -0.3 is 20.5 Å². The van der Waals surface area contributed by atoms with Crippen molar-refractivity contribution in [2.24, 2.45) is 0 Å². The van der Waals surface area contributed by atoms with Gasteiger partial charge in [-0.05, 0) is 42.8 Å². The van der Waals surface area contributed by atoms with Gasteiger partial charge >= 0.3 is 0 Å². The summed E-state index contributed by atoms with van der Waals surface area (Å²) in [5.74, 6) is 0.899. The van der Waals surface area contributed by atoms with Crippen molar-refractivity contribution in [2.75, 3.05) is 25.3 Å². The number of carbonyl (C=O) groups is 1. The predicted octanol–water partition coefficient (Wildman–Crippen LogP) is 2.85. The summed E-state index contributed by atoms with van der Waals surface area (Å²) in [4.78, 5) is 12.3. The monoisotopic (exact) mass is 286 g/mol. The van der Waals surface area contributed by atoms with Crippen LogP contribution in [0.15, 0.2) is 36.4 Å². The number of hydrogen-bond donors (Lipinski definition) is 2. The van der Waals surface area contributed by atoms with E-state index in [1.165, 1.54) is 7.11 Å². The lowest BCUT2D eigenvalue weighted by Gasteiger charge is -2.12. The molecule has 0 bridgehead atoms. The summed E-state index contributed by atoms with van der Waals surface area (Å²) in [6.45, 7) is 1.96. The van der Waals surface area contributed by atoms with Crippen LogP contribution in [-0.2, 0) is 0 Å². The molecule has 5 heteroatoms. The van der Waals surface area contributed by atoms with E-state index in [1.54, 1.807) is 31.4 Å². The Hall–Kier alpha value is -2.69. The molecule has 1 amide bonds. The molecule has 0 aromatic heterocycles. The van der Waals surface area contributed by atoms with Gasteiger partial charge in [0, 0.05) is 5.56 Å². The van der Waals surface area contributed by atoms with Crippen molar-refractivity contribution >= 4 is 17.3 Å². The molecule has 2 rings (SSSR count). The summed E-state index contributed by atoms with van der Waals surface area (Å²) >= 11 is 0. The number of aryl methyl sites for hydroxylation is 1. The van der Waals surface area contributed by atoms with Gasteiger partial charge in [-0.15, -0.1) is 0 Å². The van der Waals surface area contributed by atoms with Crippen molar-refractivity contribution < 1.29 is 14.3 Å². The minimum Gasteiger partial charge on any atom is -0.495 e. The number of rotatable bonds is 4. The number of methoxy groups -OCH3 is 2. The van der Waals surface area contributed by atoms with E-state index in [-0.39, 0.29) is 5.91 Å². The number of benzene rings is 2. The van der Waals surface area contributed by atoms with Crippen LogP contribution in [-0.4, -0.2) is 20.1 Å². The Morgan fingerprint density at radius 3 is 2.38 bits per heavy atom. The molecule has 0 saturated carbocycles. The normalized spacial score (nSPS) is 10.0. The van der Waals surface area contributed by atoms with E-state index < -0.39 is 0 Å². The van der Waals surface area contributed by atoms with Gasteiger partial charge in [-0.25, -0.2) is 0 Å². The van der Waals surface area contributed by atoms with Gasteiger partial charge in [-0.2, -0.15) is 0 Å². The summed E-state index contributed by atoms with van der Waals surface area (Å²) in [7, 11) is 3.10. The molecule has 0 aliphatic rings. The van der Waals surface area contributed by atoms with Gasteiger partial charge in [0.05, 0.1) is 25.6 Å². The largest absolute Gasteiger partial charge is 0.495 e. The minimum absolute atomic E-state index is 0.258. The number of nitrogen functional groups attached to an aromatic ring is 1. The molecule has 0 atom stereocenters. The Morgan fingerprint density at radius 1 is 1.05 bits per heavy atom. The first-order valence-corrected chi connectivity index (χ1v) is 6.44. The van der Waals surface area contributed by atoms with Gasteiger partial charge in [-0.3, -0.25) is 4.79 Å². The number of anilines is 2. The molecule has 0 aliphatic carbocycles. The second kappa shape index (κ2) is 6.17. The van der Waals surface area contributed by atoms with E-state index in [4.69, 9.17) is 15.2 Å². The third-order valence-electron chi connectivity index (χ3n) is 3.10. The van der Waals surface area contributed by atoms with Gasteiger partial charge in [0.2, 0.25) is 0 Å². The number of nitrogens with one attached hydrogen (secondary N) is 1. The fourth-order valence-corrected chi connectivity index (χ4v) is 1.97. The Kier molecular flexibility index (Phi) is 4.33. The highest BCUT2D eigenvalue weighted by molar-refractivity contribution is 6.05. The van der Waals surface area contributed by atoms with E-state index >= 15 is 0 Å². The van der Waals surface area contributed by atoms with E-state index in [0.717, 1.165) is 5.56 Å². The smallest absolute Gasteiger partial charge is 0.255 e. The van der Waals surface area contributed by atoms with Crippen molar-refractivity contribution in [3.63, 3.8) is 0 Å². The topological polar surface area (TPSA) is 73.6 Å². The maximum Gasteiger partial charge on any atom is 0.255 e.